The van der Waals surface area contributed by atoms with Crippen LogP contribution in [0, 0.1) is 12.7 Å². The summed E-state index contributed by atoms with van der Waals surface area (Å²) in [7, 11) is 0. The number of carbonyl (C=O) groups is 1. The third-order valence-corrected chi connectivity index (χ3v) is 6.26. The van der Waals surface area contributed by atoms with Gasteiger partial charge in [0.2, 0.25) is 5.91 Å². The summed E-state index contributed by atoms with van der Waals surface area (Å²) in [6.45, 7) is 7.00. The van der Waals surface area contributed by atoms with E-state index in [0.29, 0.717) is 26.3 Å². The first-order chi connectivity index (χ1) is 15.1. The highest BCUT2D eigenvalue weighted by molar-refractivity contribution is 5.81. The number of halogens is 1. The van der Waals surface area contributed by atoms with E-state index in [9.17, 15) is 9.18 Å². The van der Waals surface area contributed by atoms with Crippen LogP contribution in [0.1, 0.15) is 42.4 Å². The second kappa shape index (κ2) is 10.4. The molecule has 1 N–H and O–H groups in total. The lowest BCUT2D eigenvalue weighted by atomic mass is 10.00. The van der Waals surface area contributed by atoms with E-state index in [1.165, 1.54) is 12.1 Å². The van der Waals surface area contributed by atoms with E-state index in [2.05, 4.69) is 15.1 Å². The molecule has 2 aliphatic heterocycles. The summed E-state index contributed by atoms with van der Waals surface area (Å²) in [5.74, 6) is 1.58. The van der Waals surface area contributed by atoms with Crippen LogP contribution < -0.4 is 5.32 Å². The van der Waals surface area contributed by atoms with E-state index in [0.717, 1.165) is 56.0 Å². The quantitative estimate of drug-likeness (QED) is 0.732. The van der Waals surface area contributed by atoms with Gasteiger partial charge in [-0.25, -0.2) is 4.39 Å². The fourth-order valence-electron chi connectivity index (χ4n) is 4.55. The van der Waals surface area contributed by atoms with Gasteiger partial charge < -0.3 is 14.5 Å². The molecule has 4 rings (SSSR count). The van der Waals surface area contributed by atoms with Gasteiger partial charge in [-0.3, -0.25) is 14.6 Å². The van der Waals surface area contributed by atoms with Crippen LogP contribution >= 0.6 is 0 Å². The molecule has 1 aromatic heterocycles. The molecule has 0 spiro atoms. The van der Waals surface area contributed by atoms with E-state index in [1.807, 2.05) is 19.1 Å². The Morgan fingerprint density at radius 1 is 1.13 bits per heavy atom. The number of carbonyl (C=O) groups excluding carboxylic acids is 1. The third-order valence-electron chi connectivity index (χ3n) is 6.26. The summed E-state index contributed by atoms with van der Waals surface area (Å²) >= 11 is 0. The van der Waals surface area contributed by atoms with Crippen LogP contribution in [0.2, 0.25) is 0 Å². The van der Waals surface area contributed by atoms with Crippen molar-refractivity contribution in [2.75, 3.05) is 39.4 Å². The highest BCUT2D eigenvalue weighted by Gasteiger charge is 2.31. The molecule has 2 atom stereocenters. The number of rotatable bonds is 7. The van der Waals surface area contributed by atoms with Crippen molar-refractivity contribution < 1.29 is 18.3 Å². The highest BCUT2D eigenvalue weighted by atomic mass is 19.1. The summed E-state index contributed by atoms with van der Waals surface area (Å²) in [5.41, 5.74) is 1.03. The fourth-order valence-corrected chi connectivity index (χ4v) is 4.55. The number of morpholine rings is 1. The average Bonchev–Trinajstić information content (AvgIpc) is 3.22. The topological polar surface area (TPSA) is 58.0 Å². The Kier molecular flexibility index (Phi) is 7.37. The minimum absolute atomic E-state index is 0.00399. The maximum Gasteiger partial charge on any atom is 0.237 e. The molecule has 2 aliphatic rings. The van der Waals surface area contributed by atoms with E-state index in [4.69, 9.17) is 9.15 Å². The second-order valence-electron chi connectivity index (χ2n) is 8.47. The van der Waals surface area contributed by atoms with Crippen molar-refractivity contribution in [3.8, 4) is 0 Å². The Morgan fingerprint density at radius 3 is 2.61 bits per heavy atom. The van der Waals surface area contributed by atoms with Crippen molar-refractivity contribution in [1.29, 1.82) is 0 Å². The average molecular weight is 430 g/mol. The molecule has 0 saturated carbocycles. The summed E-state index contributed by atoms with van der Waals surface area (Å²) in [5, 5.41) is 3.20. The molecule has 0 bridgehead atoms. The number of piperidine rings is 1. The SMILES string of the molecule is Cc1ccc([C@H](CNC(=O)[C@H]2CCCCN2Cc2ccc(F)cc2)N2CCOCC2)o1. The van der Waals surface area contributed by atoms with Crippen molar-refractivity contribution in [1.82, 2.24) is 15.1 Å². The van der Waals surface area contributed by atoms with Crippen molar-refractivity contribution in [2.24, 2.45) is 0 Å². The van der Waals surface area contributed by atoms with Crippen LogP contribution in [0.15, 0.2) is 40.8 Å². The van der Waals surface area contributed by atoms with Gasteiger partial charge in [-0.1, -0.05) is 18.6 Å². The number of hydrogen-bond donors (Lipinski definition) is 1. The van der Waals surface area contributed by atoms with Gasteiger partial charge >= 0.3 is 0 Å². The molecule has 6 nitrogen and oxygen atoms in total. The maximum atomic E-state index is 13.2. The highest BCUT2D eigenvalue weighted by Crippen LogP contribution is 2.24. The third kappa shape index (κ3) is 5.73. The molecular weight excluding hydrogens is 397 g/mol. The number of furan rings is 1. The Hall–Kier alpha value is -2.22. The van der Waals surface area contributed by atoms with Gasteiger partial charge in [0, 0.05) is 26.2 Å². The predicted molar refractivity (Wildman–Crippen MR) is 116 cm³/mol. The molecule has 1 aromatic carbocycles. The normalized spacial score (nSPS) is 21.7. The van der Waals surface area contributed by atoms with Crippen molar-refractivity contribution in [3.63, 3.8) is 0 Å². The number of likely N-dealkylation sites (tertiary alicyclic amines) is 1. The van der Waals surface area contributed by atoms with Gasteiger partial charge in [-0.15, -0.1) is 0 Å². The maximum absolute atomic E-state index is 13.2. The molecule has 3 heterocycles. The largest absolute Gasteiger partial charge is 0.465 e. The van der Waals surface area contributed by atoms with Crippen LogP contribution in [0.4, 0.5) is 4.39 Å². The van der Waals surface area contributed by atoms with Crippen LogP contribution in [0.3, 0.4) is 0 Å². The van der Waals surface area contributed by atoms with Crippen molar-refractivity contribution >= 4 is 5.91 Å². The number of amides is 1. The Morgan fingerprint density at radius 2 is 1.90 bits per heavy atom. The monoisotopic (exact) mass is 429 g/mol. The Bertz CT molecular complexity index is 848. The minimum atomic E-state index is -0.237. The molecule has 0 radical (unpaired) electrons. The first kappa shape index (κ1) is 22.0. The van der Waals surface area contributed by atoms with E-state index in [-0.39, 0.29) is 23.8 Å². The lowest BCUT2D eigenvalue weighted by Gasteiger charge is -2.36. The summed E-state index contributed by atoms with van der Waals surface area (Å²) < 4.78 is 24.7. The number of nitrogens with zero attached hydrogens (tertiary/aromatic N) is 2. The van der Waals surface area contributed by atoms with Crippen LogP contribution in [-0.2, 0) is 16.1 Å². The first-order valence-electron chi connectivity index (χ1n) is 11.2. The number of benzene rings is 1. The number of hydrogen-bond acceptors (Lipinski definition) is 5. The lowest BCUT2D eigenvalue weighted by molar-refractivity contribution is -0.128. The number of aryl methyl sites for hydroxylation is 1. The zero-order valence-electron chi connectivity index (χ0n) is 18.2. The van der Waals surface area contributed by atoms with Gasteiger partial charge in [0.15, 0.2) is 0 Å². The van der Waals surface area contributed by atoms with Gasteiger partial charge in [0.1, 0.15) is 17.3 Å². The zero-order valence-corrected chi connectivity index (χ0v) is 18.2. The summed E-state index contributed by atoms with van der Waals surface area (Å²) in [6.07, 6.45) is 2.96. The van der Waals surface area contributed by atoms with E-state index >= 15 is 0 Å². The Balaban J connectivity index is 1.41. The van der Waals surface area contributed by atoms with Gasteiger partial charge in [-0.2, -0.15) is 0 Å². The van der Waals surface area contributed by atoms with Crippen LogP contribution in [-0.4, -0.2) is 61.1 Å². The van der Waals surface area contributed by atoms with Crippen molar-refractivity contribution in [2.45, 2.75) is 44.8 Å². The first-order valence-corrected chi connectivity index (χ1v) is 11.2. The van der Waals surface area contributed by atoms with Gasteiger partial charge in [0.05, 0.1) is 25.3 Å². The second-order valence-corrected chi connectivity index (χ2v) is 8.47. The summed E-state index contributed by atoms with van der Waals surface area (Å²) in [4.78, 5) is 17.7. The smallest absolute Gasteiger partial charge is 0.237 e. The molecule has 2 fully saturated rings. The molecule has 0 aliphatic carbocycles. The van der Waals surface area contributed by atoms with Gasteiger partial charge in [0.25, 0.3) is 0 Å². The molecule has 1 amide bonds. The lowest BCUT2D eigenvalue weighted by Crippen LogP contribution is -2.51. The number of nitrogens with one attached hydrogen (secondary N) is 1. The van der Waals surface area contributed by atoms with Crippen molar-refractivity contribution in [3.05, 3.63) is 59.3 Å². The summed E-state index contributed by atoms with van der Waals surface area (Å²) in [6, 6.07) is 10.4. The molecule has 2 aromatic rings. The van der Waals surface area contributed by atoms with E-state index < -0.39 is 0 Å². The zero-order chi connectivity index (χ0) is 21.6. The number of ether oxygens (including phenoxy) is 1. The molecular formula is C24H32FN3O3. The van der Waals surface area contributed by atoms with Gasteiger partial charge in [-0.05, 0) is 56.1 Å². The molecule has 2 saturated heterocycles. The molecule has 31 heavy (non-hydrogen) atoms. The van der Waals surface area contributed by atoms with Crippen LogP contribution in [0.5, 0.6) is 0 Å². The Labute approximate surface area is 183 Å². The predicted octanol–water partition coefficient (Wildman–Crippen LogP) is 3.27. The molecule has 168 valence electrons. The fraction of sp³-hybridized carbons (Fsp3) is 0.542. The van der Waals surface area contributed by atoms with E-state index in [1.54, 1.807) is 12.1 Å². The molecule has 7 heteroatoms. The minimum Gasteiger partial charge on any atom is -0.465 e. The standard InChI is InChI=1S/C24H32FN3O3/c1-18-5-10-23(31-18)22(27-12-14-30-15-13-27)16-26-24(29)21-4-2-3-11-28(21)17-19-6-8-20(25)9-7-19/h5-10,21-22H,2-4,11-17H2,1H3,(H,26,29)/t21-,22+/m1/s1. The van der Waals surface area contributed by atoms with Crippen LogP contribution in [0.25, 0.3) is 0 Å². The molecule has 0 unspecified atom stereocenters.